The molecule has 0 aromatic carbocycles. The van der Waals surface area contributed by atoms with Gasteiger partial charge in [0.25, 0.3) is 0 Å². The molecule has 1 N–H and O–H groups in total. The van der Waals surface area contributed by atoms with Gasteiger partial charge in [-0.05, 0) is 13.3 Å². The summed E-state index contributed by atoms with van der Waals surface area (Å²) >= 11 is 1.36. The highest BCUT2D eigenvalue weighted by atomic mass is 127. The topological polar surface area (TPSA) is 23.5 Å². The van der Waals surface area contributed by atoms with E-state index in [0.29, 0.717) is 13.0 Å². The van der Waals surface area contributed by atoms with Crippen molar-refractivity contribution in [2.75, 3.05) is 13.1 Å². The lowest BCUT2D eigenvalue weighted by Gasteiger charge is -2.25. The number of β-amino-alcohol motifs (C(OH)–C–C–N with tert-alkyl or cyclic N) is 1. The lowest BCUT2D eigenvalue weighted by atomic mass is 10.1. The summed E-state index contributed by atoms with van der Waals surface area (Å²) in [5.74, 6) is 0. The molecule has 2 nitrogen and oxygen atoms in total. The first kappa shape index (κ1) is 11.5. The highest BCUT2D eigenvalue weighted by molar-refractivity contribution is 14.1. The summed E-state index contributed by atoms with van der Waals surface area (Å²) in [7, 11) is 0. The summed E-state index contributed by atoms with van der Waals surface area (Å²) in [6, 6.07) is 0. The summed E-state index contributed by atoms with van der Waals surface area (Å²) in [6.45, 7) is 1.97. The third-order valence-corrected chi connectivity index (χ3v) is 3.57. The van der Waals surface area contributed by atoms with E-state index in [0.717, 1.165) is 0 Å². The molecule has 1 heterocycles. The van der Waals surface area contributed by atoms with Gasteiger partial charge in [-0.1, -0.05) is 22.6 Å². The van der Waals surface area contributed by atoms with Gasteiger partial charge in [-0.3, -0.25) is 4.90 Å². The maximum Gasteiger partial charge on any atom is 0.413 e. The van der Waals surface area contributed by atoms with Gasteiger partial charge in [-0.2, -0.15) is 13.2 Å². The number of rotatable bonds is 1. The molecule has 2 unspecified atom stereocenters. The third kappa shape index (κ3) is 2.95. The van der Waals surface area contributed by atoms with Crippen molar-refractivity contribution in [2.24, 2.45) is 0 Å². The first-order chi connectivity index (χ1) is 5.72. The zero-order valence-corrected chi connectivity index (χ0v) is 9.26. The monoisotopic (exact) mass is 309 g/mol. The van der Waals surface area contributed by atoms with Crippen molar-refractivity contribution in [3.63, 3.8) is 0 Å². The molecular formula is C7H11F3INO. The van der Waals surface area contributed by atoms with E-state index in [1.54, 1.807) is 6.92 Å². The van der Waals surface area contributed by atoms with Crippen molar-refractivity contribution >= 4 is 22.6 Å². The fraction of sp³-hybridized carbons (Fsp3) is 1.00. The van der Waals surface area contributed by atoms with Gasteiger partial charge in [-0.15, -0.1) is 0 Å². The Hall–Kier alpha value is 0.440. The van der Waals surface area contributed by atoms with Crippen LogP contribution in [-0.4, -0.2) is 38.9 Å². The number of halogens is 4. The average molecular weight is 309 g/mol. The Labute approximate surface area is 88.2 Å². The molecule has 0 aromatic heterocycles. The molecule has 0 saturated carbocycles. The van der Waals surface area contributed by atoms with Crippen molar-refractivity contribution in [3.05, 3.63) is 0 Å². The Morgan fingerprint density at radius 2 is 2.08 bits per heavy atom. The van der Waals surface area contributed by atoms with Gasteiger partial charge in [0.15, 0.2) is 4.05 Å². The number of hydrogen-bond donors (Lipinski definition) is 1. The minimum absolute atomic E-state index is 0.0973. The zero-order valence-electron chi connectivity index (χ0n) is 7.10. The Morgan fingerprint density at radius 1 is 1.54 bits per heavy atom. The van der Waals surface area contributed by atoms with E-state index >= 15 is 0 Å². The molecule has 2 atom stereocenters. The largest absolute Gasteiger partial charge is 0.413 e. The molecular weight excluding hydrogens is 298 g/mol. The summed E-state index contributed by atoms with van der Waals surface area (Å²) in [5, 5.41) is 9.47. The molecule has 1 aliphatic heterocycles. The fourth-order valence-electron chi connectivity index (χ4n) is 1.38. The Morgan fingerprint density at radius 3 is 2.38 bits per heavy atom. The SMILES string of the molecule is CC1(O)CCN(C(I)C(F)(F)F)C1. The first-order valence-electron chi connectivity index (χ1n) is 3.90. The van der Waals surface area contributed by atoms with E-state index in [1.165, 1.54) is 27.5 Å². The lowest BCUT2D eigenvalue weighted by Crippen LogP contribution is -2.41. The highest BCUT2D eigenvalue weighted by Crippen LogP contribution is 2.34. The molecule has 1 saturated heterocycles. The van der Waals surface area contributed by atoms with E-state index in [4.69, 9.17) is 0 Å². The molecule has 0 radical (unpaired) electrons. The Bertz CT molecular complexity index is 195. The minimum Gasteiger partial charge on any atom is -0.389 e. The second-order valence-corrected chi connectivity index (χ2v) is 4.77. The zero-order chi connectivity index (χ0) is 10.3. The molecule has 1 aliphatic rings. The van der Waals surface area contributed by atoms with Crippen LogP contribution in [0.5, 0.6) is 0 Å². The van der Waals surface area contributed by atoms with Crippen LogP contribution in [0.4, 0.5) is 13.2 Å². The van der Waals surface area contributed by atoms with Crippen LogP contribution < -0.4 is 0 Å². The van der Waals surface area contributed by atoms with Crippen LogP contribution in [0.15, 0.2) is 0 Å². The maximum atomic E-state index is 12.2. The summed E-state index contributed by atoms with van der Waals surface area (Å²) < 4.78 is 35.2. The van der Waals surface area contributed by atoms with E-state index in [1.807, 2.05) is 0 Å². The van der Waals surface area contributed by atoms with E-state index in [9.17, 15) is 18.3 Å². The van der Waals surface area contributed by atoms with Crippen LogP contribution in [0, 0.1) is 0 Å². The number of alkyl halides is 4. The number of aliphatic hydroxyl groups is 1. The van der Waals surface area contributed by atoms with Crippen LogP contribution in [0.1, 0.15) is 13.3 Å². The molecule has 6 heteroatoms. The van der Waals surface area contributed by atoms with Crippen molar-refractivity contribution in [1.29, 1.82) is 0 Å². The van der Waals surface area contributed by atoms with Crippen molar-refractivity contribution in [2.45, 2.75) is 29.2 Å². The number of likely N-dealkylation sites (tertiary alicyclic amines) is 1. The average Bonchev–Trinajstić information content (AvgIpc) is 2.26. The summed E-state index contributed by atoms with van der Waals surface area (Å²) in [4.78, 5) is 1.25. The van der Waals surface area contributed by atoms with Crippen LogP contribution >= 0.6 is 22.6 Å². The third-order valence-electron chi connectivity index (χ3n) is 2.07. The van der Waals surface area contributed by atoms with Gasteiger partial charge in [0.2, 0.25) is 0 Å². The van der Waals surface area contributed by atoms with Gasteiger partial charge in [0, 0.05) is 13.1 Å². The molecule has 0 spiro atoms. The quantitative estimate of drug-likeness (QED) is 0.453. The van der Waals surface area contributed by atoms with E-state index in [-0.39, 0.29) is 6.54 Å². The fourth-order valence-corrected chi connectivity index (χ4v) is 1.86. The van der Waals surface area contributed by atoms with Crippen LogP contribution in [0.3, 0.4) is 0 Å². The normalized spacial score (nSPS) is 33.7. The van der Waals surface area contributed by atoms with Crippen LogP contribution in [0.2, 0.25) is 0 Å². The van der Waals surface area contributed by atoms with Gasteiger partial charge in [-0.25, -0.2) is 0 Å². The highest BCUT2D eigenvalue weighted by Gasteiger charge is 2.46. The van der Waals surface area contributed by atoms with Gasteiger partial charge >= 0.3 is 6.18 Å². The molecule has 1 fully saturated rings. The smallest absolute Gasteiger partial charge is 0.389 e. The minimum atomic E-state index is -4.21. The van der Waals surface area contributed by atoms with Gasteiger partial charge in [0.1, 0.15) is 0 Å². The van der Waals surface area contributed by atoms with E-state index in [2.05, 4.69) is 0 Å². The van der Waals surface area contributed by atoms with Gasteiger partial charge < -0.3 is 5.11 Å². The van der Waals surface area contributed by atoms with Crippen molar-refractivity contribution < 1.29 is 18.3 Å². The molecule has 78 valence electrons. The van der Waals surface area contributed by atoms with Crippen LogP contribution in [0.25, 0.3) is 0 Å². The predicted octanol–water partition coefficient (Wildman–Crippen LogP) is 1.77. The molecule has 1 rings (SSSR count). The van der Waals surface area contributed by atoms with Gasteiger partial charge in [0.05, 0.1) is 5.60 Å². The Kier molecular flexibility index (Phi) is 3.14. The molecule has 0 aromatic rings. The second kappa shape index (κ2) is 3.54. The maximum absolute atomic E-state index is 12.2. The van der Waals surface area contributed by atoms with Crippen molar-refractivity contribution in [3.8, 4) is 0 Å². The summed E-state index contributed by atoms with van der Waals surface area (Å²) in [5.41, 5.74) is -0.964. The lowest BCUT2D eigenvalue weighted by molar-refractivity contribution is -0.151. The number of hydrogen-bond acceptors (Lipinski definition) is 2. The molecule has 0 bridgehead atoms. The number of nitrogens with zero attached hydrogens (tertiary/aromatic N) is 1. The Balaban J connectivity index is 2.57. The first-order valence-corrected chi connectivity index (χ1v) is 5.14. The second-order valence-electron chi connectivity index (χ2n) is 3.59. The predicted molar refractivity (Wildman–Crippen MR) is 50.7 cm³/mol. The summed E-state index contributed by atoms with van der Waals surface area (Å²) in [6.07, 6.45) is -3.80. The molecule has 13 heavy (non-hydrogen) atoms. The molecule has 0 amide bonds. The van der Waals surface area contributed by atoms with Crippen molar-refractivity contribution in [1.82, 2.24) is 4.90 Å². The molecule has 0 aliphatic carbocycles. The van der Waals surface area contributed by atoms with Crippen LogP contribution in [-0.2, 0) is 0 Å². The van der Waals surface area contributed by atoms with E-state index < -0.39 is 15.8 Å². The standard InChI is InChI=1S/C7H11F3INO/c1-6(13)2-3-12(4-6)5(11)7(8,9)10/h5,13H,2-4H2,1H3.